The van der Waals surface area contributed by atoms with E-state index in [0.717, 1.165) is 11.3 Å². The molecule has 1 aromatic heterocycles. The molecule has 1 heterocycles. The smallest absolute Gasteiger partial charge is 0.240 e. The van der Waals surface area contributed by atoms with Gasteiger partial charge in [0.05, 0.1) is 19.1 Å². The number of likely N-dealkylation sites (N-methyl/N-ethyl adjacent to an activating group) is 2. The number of benzene rings is 1. The number of nitrogens with zero attached hydrogens (tertiary/aromatic N) is 2. The summed E-state index contributed by atoms with van der Waals surface area (Å²) < 4.78 is 5.01. The molecule has 2 rings (SSSR count). The fourth-order valence-electron chi connectivity index (χ4n) is 1.93. The minimum atomic E-state index is 0.0285. The molecule has 0 atom stereocenters. The summed E-state index contributed by atoms with van der Waals surface area (Å²) in [7, 11) is 3.67. The van der Waals surface area contributed by atoms with E-state index in [4.69, 9.17) is 10.2 Å². The second kappa shape index (κ2) is 6.25. The van der Waals surface area contributed by atoms with Crippen LogP contribution < -0.4 is 10.6 Å². The summed E-state index contributed by atoms with van der Waals surface area (Å²) in [5.74, 6) is 0.0285. The molecular weight excluding hydrogens is 254 g/mol. The van der Waals surface area contributed by atoms with Crippen LogP contribution in [0.2, 0.25) is 0 Å². The molecular formula is C15H19N3O2. The fraction of sp³-hybridized carbons (Fsp3) is 0.267. The predicted octanol–water partition coefficient (Wildman–Crippen LogP) is 1.96. The second-order valence-electron chi connectivity index (χ2n) is 4.85. The molecule has 106 valence electrons. The van der Waals surface area contributed by atoms with Gasteiger partial charge in [0.1, 0.15) is 0 Å². The lowest BCUT2D eigenvalue weighted by molar-refractivity contribution is -0.119. The molecule has 2 N–H and O–H groups in total. The quantitative estimate of drug-likeness (QED) is 0.846. The highest BCUT2D eigenvalue weighted by molar-refractivity contribution is 5.94. The Bertz CT molecular complexity index is 549. The Kier molecular flexibility index (Phi) is 4.42. The Labute approximate surface area is 118 Å². The van der Waals surface area contributed by atoms with Gasteiger partial charge < -0.3 is 15.1 Å². The van der Waals surface area contributed by atoms with Gasteiger partial charge in [0.2, 0.25) is 5.91 Å². The third-order valence-corrected chi connectivity index (χ3v) is 3.09. The number of rotatable bonds is 5. The van der Waals surface area contributed by atoms with Crippen LogP contribution in [0, 0.1) is 0 Å². The molecule has 1 aromatic carbocycles. The summed E-state index contributed by atoms with van der Waals surface area (Å²) in [5, 5.41) is 0. The first-order valence-electron chi connectivity index (χ1n) is 6.38. The molecule has 0 saturated heterocycles. The number of nitrogen functional groups attached to an aromatic ring is 1. The maximum Gasteiger partial charge on any atom is 0.240 e. The molecule has 0 fully saturated rings. The highest BCUT2D eigenvalue weighted by atomic mass is 16.3. The van der Waals surface area contributed by atoms with Gasteiger partial charge in [0.25, 0.3) is 0 Å². The van der Waals surface area contributed by atoms with Gasteiger partial charge in [-0.25, -0.2) is 0 Å². The summed E-state index contributed by atoms with van der Waals surface area (Å²) in [6.45, 7) is 1.02. The molecule has 0 saturated carbocycles. The van der Waals surface area contributed by atoms with Crippen molar-refractivity contribution in [2.45, 2.75) is 6.54 Å². The zero-order valence-corrected chi connectivity index (χ0v) is 11.7. The highest BCUT2D eigenvalue weighted by Gasteiger charge is 2.13. The van der Waals surface area contributed by atoms with Gasteiger partial charge in [0.15, 0.2) is 0 Å². The number of furan rings is 1. The Morgan fingerprint density at radius 2 is 1.90 bits per heavy atom. The maximum absolute atomic E-state index is 12.2. The molecule has 0 aliphatic heterocycles. The molecule has 0 radical (unpaired) electrons. The van der Waals surface area contributed by atoms with Crippen molar-refractivity contribution in [3.63, 3.8) is 0 Å². The summed E-state index contributed by atoms with van der Waals surface area (Å²) >= 11 is 0. The van der Waals surface area contributed by atoms with E-state index >= 15 is 0 Å². The third-order valence-electron chi connectivity index (χ3n) is 3.09. The number of hydrogen-bond acceptors (Lipinski definition) is 4. The summed E-state index contributed by atoms with van der Waals surface area (Å²) in [4.78, 5) is 15.8. The minimum absolute atomic E-state index is 0.0285. The van der Waals surface area contributed by atoms with Crippen LogP contribution in [0.4, 0.5) is 11.4 Å². The van der Waals surface area contributed by atoms with Crippen molar-refractivity contribution >= 4 is 17.3 Å². The SMILES string of the molecule is CN(CC(=O)N(C)c1ccc(N)cc1)Cc1ccoc1. The number of carbonyl (C=O) groups excluding carboxylic acids is 1. The van der Waals surface area contributed by atoms with E-state index in [9.17, 15) is 4.79 Å². The van der Waals surface area contributed by atoms with E-state index in [2.05, 4.69) is 0 Å². The largest absolute Gasteiger partial charge is 0.472 e. The van der Waals surface area contributed by atoms with Crippen molar-refractivity contribution < 1.29 is 9.21 Å². The first kappa shape index (κ1) is 14.1. The van der Waals surface area contributed by atoms with Crippen molar-refractivity contribution in [3.05, 3.63) is 48.4 Å². The van der Waals surface area contributed by atoms with Gasteiger partial charge in [0, 0.05) is 30.5 Å². The molecule has 5 heteroatoms. The van der Waals surface area contributed by atoms with E-state index in [1.54, 1.807) is 36.6 Å². The summed E-state index contributed by atoms with van der Waals surface area (Å²) in [6, 6.07) is 9.14. The van der Waals surface area contributed by atoms with Crippen LogP contribution in [0.1, 0.15) is 5.56 Å². The van der Waals surface area contributed by atoms with Crippen molar-refractivity contribution in [3.8, 4) is 0 Å². The normalized spacial score (nSPS) is 10.8. The average Bonchev–Trinajstić information content (AvgIpc) is 2.91. The van der Waals surface area contributed by atoms with E-state index in [0.29, 0.717) is 18.8 Å². The zero-order valence-electron chi connectivity index (χ0n) is 11.7. The van der Waals surface area contributed by atoms with Crippen molar-refractivity contribution in [2.75, 3.05) is 31.3 Å². The lowest BCUT2D eigenvalue weighted by Crippen LogP contribution is -2.36. The predicted molar refractivity (Wildman–Crippen MR) is 79.3 cm³/mol. The Morgan fingerprint density at radius 1 is 1.20 bits per heavy atom. The van der Waals surface area contributed by atoms with Gasteiger partial charge >= 0.3 is 0 Å². The number of carbonyl (C=O) groups is 1. The first-order chi connectivity index (χ1) is 9.56. The maximum atomic E-state index is 12.2. The second-order valence-corrected chi connectivity index (χ2v) is 4.85. The van der Waals surface area contributed by atoms with Gasteiger partial charge in [-0.15, -0.1) is 0 Å². The molecule has 0 unspecified atom stereocenters. The molecule has 20 heavy (non-hydrogen) atoms. The minimum Gasteiger partial charge on any atom is -0.472 e. The molecule has 5 nitrogen and oxygen atoms in total. The number of nitrogens with two attached hydrogens (primary N) is 1. The first-order valence-corrected chi connectivity index (χ1v) is 6.38. The number of anilines is 2. The number of amides is 1. The van der Waals surface area contributed by atoms with Gasteiger partial charge in [-0.3, -0.25) is 9.69 Å². The van der Waals surface area contributed by atoms with Crippen LogP contribution in [0.3, 0.4) is 0 Å². The number of hydrogen-bond donors (Lipinski definition) is 1. The fourth-order valence-corrected chi connectivity index (χ4v) is 1.93. The van der Waals surface area contributed by atoms with E-state index in [1.807, 2.05) is 30.1 Å². The van der Waals surface area contributed by atoms with E-state index < -0.39 is 0 Å². The zero-order chi connectivity index (χ0) is 14.5. The summed E-state index contributed by atoms with van der Waals surface area (Å²) in [5.41, 5.74) is 8.21. The van der Waals surface area contributed by atoms with Crippen LogP contribution >= 0.6 is 0 Å². The van der Waals surface area contributed by atoms with E-state index in [-0.39, 0.29) is 5.91 Å². The van der Waals surface area contributed by atoms with Crippen LogP contribution in [0.15, 0.2) is 47.3 Å². The van der Waals surface area contributed by atoms with Crippen molar-refractivity contribution in [1.82, 2.24) is 4.90 Å². The Balaban J connectivity index is 1.92. The van der Waals surface area contributed by atoms with Crippen LogP contribution in [-0.4, -0.2) is 31.4 Å². The molecule has 0 bridgehead atoms. The van der Waals surface area contributed by atoms with Crippen molar-refractivity contribution in [2.24, 2.45) is 0 Å². The average molecular weight is 273 g/mol. The van der Waals surface area contributed by atoms with Gasteiger partial charge in [-0.2, -0.15) is 0 Å². The molecule has 1 amide bonds. The monoisotopic (exact) mass is 273 g/mol. The topological polar surface area (TPSA) is 62.7 Å². The van der Waals surface area contributed by atoms with E-state index in [1.165, 1.54) is 0 Å². The lowest BCUT2D eigenvalue weighted by atomic mass is 10.2. The van der Waals surface area contributed by atoms with Crippen LogP contribution in [0.25, 0.3) is 0 Å². The van der Waals surface area contributed by atoms with Gasteiger partial charge in [-0.1, -0.05) is 0 Å². The molecule has 0 aliphatic rings. The molecule has 0 spiro atoms. The summed E-state index contributed by atoms with van der Waals surface area (Å²) in [6.07, 6.45) is 3.32. The molecule has 0 aliphatic carbocycles. The third kappa shape index (κ3) is 3.61. The van der Waals surface area contributed by atoms with Gasteiger partial charge in [-0.05, 0) is 37.4 Å². The lowest BCUT2D eigenvalue weighted by Gasteiger charge is -2.21. The van der Waals surface area contributed by atoms with Crippen molar-refractivity contribution in [1.29, 1.82) is 0 Å². The molecule has 2 aromatic rings. The highest BCUT2D eigenvalue weighted by Crippen LogP contribution is 2.15. The Hall–Kier alpha value is -2.27. The van der Waals surface area contributed by atoms with Crippen LogP contribution in [0.5, 0.6) is 0 Å². The standard InChI is InChI=1S/C15H19N3O2/c1-17(9-12-7-8-20-11-12)10-15(19)18(2)14-5-3-13(16)4-6-14/h3-8,11H,9-10,16H2,1-2H3. The van der Waals surface area contributed by atoms with Crippen LogP contribution in [-0.2, 0) is 11.3 Å². The Morgan fingerprint density at radius 3 is 2.50 bits per heavy atom.